The Morgan fingerprint density at radius 2 is 1.64 bits per heavy atom. The van der Waals surface area contributed by atoms with Crippen LogP contribution in [0.1, 0.15) is 52.7 Å². The van der Waals surface area contributed by atoms with Crippen molar-refractivity contribution in [2.45, 2.75) is 54.9 Å². The van der Waals surface area contributed by atoms with E-state index in [0.29, 0.717) is 5.92 Å². The smallest absolute Gasteiger partial charge is 0.166 e. The summed E-state index contributed by atoms with van der Waals surface area (Å²) in [4.78, 5) is 13.0. The number of rotatable bonds is 7. The summed E-state index contributed by atoms with van der Waals surface area (Å²) in [7, 11) is 0. The minimum atomic E-state index is -0.0104. The third-order valence-corrected chi connectivity index (χ3v) is 4.93. The molecule has 0 aliphatic carbocycles. The molecule has 2 rings (SSSR count). The molecule has 0 saturated carbocycles. The highest BCUT2D eigenvalue weighted by molar-refractivity contribution is 5.99. The van der Waals surface area contributed by atoms with Crippen molar-refractivity contribution in [3.63, 3.8) is 0 Å². The molecule has 0 saturated heterocycles. The van der Waals surface area contributed by atoms with Crippen molar-refractivity contribution in [1.29, 1.82) is 0 Å². The quantitative estimate of drug-likeness (QED) is 0.359. The number of carbonyl (C=O) groups excluding carboxylic acids is 1. The van der Waals surface area contributed by atoms with Gasteiger partial charge in [0.05, 0.1) is 0 Å². The van der Waals surface area contributed by atoms with Gasteiger partial charge in [-0.05, 0) is 55.4 Å². The maximum Gasteiger partial charge on any atom is 0.166 e. The van der Waals surface area contributed by atoms with Crippen molar-refractivity contribution >= 4 is 5.78 Å². The van der Waals surface area contributed by atoms with E-state index in [4.69, 9.17) is 0 Å². The van der Waals surface area contributed by atoms with Crippen LogP contribution in [0.3, 0.4) is 0 Å². The third-order valence-electron chi connectivity index (χ3n) is 4.93. The number of hydrogen-bond acceptors (Lipinski definition) is 1. The molecule has 0 bridgehead atoms. The van der Waals surface area contributed by atoms with E-state index in [9.17, 15) is 4.79 Å². The van der Waals surface area contributed by atoms with E-state index in [2.05, 4.69) is 63.2 Å². The number of ketones is 1. The molecule has 2 aromatic rings. The molecule has 0 spiro atoms. The number of allylic oxidation sites excluding steroid dienone is 4. The van der Waals surface area contributed by atoms with Crippen molar-refractivity contribution < 1.29 is 4.79 Å². The van der Waals surface area contributed by atoms with Crippen molar-refractivity contribution in [3.8, 4) is 11.1 Å². The predicted octanol–water partition coefficient (Wildman–Crippen LogP) is 7.59. The standard InChI is InChI=1S/C25H30O.C2H6/c1-6-11-21(7-2)25(26)23(18(3)4)16-20-15-14-19(5)24(17-20)22-12-9-8-10-13-22;1-2/h6-15,17-18,23H,16H2,1-5H3;1-2H3/b11-6-,21-7+;. The Balaban J connectivity index is 0.00000190. The van der Waals surface area contributed by atoms with E-state index in [-0.39, 0.29) is 11.7 Å². The van der Waals surface area contributed by atoms with Crippen LogP contribution in [0.25, 0.3) is 11.1 Å². The Morgan fingerprint density at radius 3 is 2.18 bits per heavy atom. The molecular weight excluding hydrogens is 340 g/mol. The molecule has 150 valence electrons. The Morgan fingerprint density at radius 1 is 1.00 bits per heavy atom. The minimum Gasteiger partial charge on any atom is -0.294 e. The predicted molar refractivity (Wildman–Crippen MR) is 124 cm³/mol. The molecule has 0 aromatic heterocycles. The molecule has 0 aliphatic rings. The summed E-state index contributed by atoms with van der Waals surface area (Å²) in [6.45, 7) is 14.3. The lowest BCUT2D eigenvalue weighted by Crippen LogP contribution is -2.24. The molecule has 2 aromatic carbocycles. The first-order valence-corrected chi connectivity index (χ1v) is 10.5. The molecule has 1 heteroatoms. The summed E-state index contributed by atoms with van der Waals surface area (Å²) in [5, 5.41) is 0. The van der Waals surface area contributed by atoms with Crippen LogP contribution in [0.2, 0.25) is 0 Å². The Hall–Kier alpha value is -2.41. The van der Waals surface area contributed by atoms with Crippen molar-refractivity contribution in [2.24, 2.45) is 11.8 Å². The SMILES string of the molecule is C/C=C\C(=C/C)C(=O)C(Cc1ccc(C)c(-c2ccccc2)c1)C(C)C.CC. The fourth-order valence-electron chi connectivity index (χ4n) is 3.32. The Kier molecular flexibility index (Phi) is 10.2. The second-order valence-electron chi connectivity index (χ2n) is 7.18. The normalized spacial score (nSPS) is 12.6. The molecule has 0 radical (unpaired) electrons. The Bertz CT molecular complexity index is 794. The molecule has 1 unspecified atom stereocenters. The van der Waals surface area contributed by atoms with Gasteiger partial charge in [0.1, 0.15) is 0 Å². The van der Waals surface area contributed by atoms with E-state index >= 15 is 0 Å². The fourth-order valence-corrected chi connectivity index (χ4v) is 3.32. The van der Waals surface area contributed by atoms with Crippen LogP contribution < -0.4 is 0 Å². The topological polar surface area (TPSA) is 17.1 Å². The summed E-state index contributed by atoms with van der Waals surface area (Å²) in [5.41, 5.74) is 5.76. The van der Waals surface area contributed by atoms with E-state index in [0.717, 1.165) is 12.0 Å². The highest BCUT2D eigenvalue weighted by atomic mass is 16.1. The summed E-state index contributed by atoms with van der Waals surface area (Å²) < 4.78 is 0. The summed E-state index contributed by atoms with van der Waals surface area (Å²) in [6, 6.07) is 17.0. The first-order chi connectivity index (χ1) is 13.5. The first-order valence-electron chi connectivity index (χ1n) is 10.5. The van der Waals surface area contributed by atoms with Gasteiger partial charge >= 0.3 is 0 Å². The molecule has 0 heterocycles. The lowest BCUT2D eigenvalue weighted by atomic mass is 9.82. The monoisotopic (exact) mass is 376 g/mol. The number of benzene rings is 2. The zero-order valence-electron chi connectivity index (χ0n) is 18.6. The molecule has 1 nitrogen and oxygen atoms in total. The highest BCUT2D eigenvalue weighted by Gasteiger charge is 2.24. The van der Waals surface area contributed by atoms with Gasteiger partial charge < -0.3 is 0 Å². The van der Waals surface area contributed by atoms with E-state index in [1.807, 2.05) is 52.0 Å². The van der Waals surface area contributed by atoms with Crippen molar-refractivity contribution in [3.05, 3.63) is 83.5 Å². The van der Waals surface area contributed by atoms with E-state index in [1.54, 1.807) is 0 Å². The van der Waals surface area contributed by atoms with E-state index in [1.165, 1.54) is 22.3 Å². The van der Waals surface area contributed by atoms with E-state index < -0.39 is 0 Å². The van der Waals surface area contributed by atoms with Crippen LogP contribution >= 0.6 is 0 Å². The average molecular weight is 377 g/mol. The molecule has 1 atom stereocenters. The summed E-state index contributed by atoms with van der Waals surface area (Å²) >= 11 is 0. The van der Waals surface area contributed by atoms with Gasteiger partial charge in [0.15, 0.2) is 5.78 Å². The van der Waals surface area contributed by atoms with Crippen LogP contribution in [-0.4, -0.2) is 5.78 Å². The lowest BCUT2D eigenvalue weighted by molar-refractivity contribution is -0.120. The van der Waals surface area contributed by atoms with Gasteiger partial charge in [-0.25, -0.2) is 0 Å². The number of hydrogen-bond donors (Lipinski definition) is 0. The number of aryl methyl sites for hydroxylation is 1. The minimum absolute atomic E-state index is 0.0104. The van der Waals surface area contributed by atoms with Gasteiger partial charge in [0.25, 0.3) is 0 Å². The number of Topliss-reactive ketones (excluding diaryl/α,β-unsaturated/α-hetero) is 1. The molecule has 0 fully saturated rings. The van der Waals surface area contributed by atoms with Gasteiger partial charge in [0.2, 0.25) is 0 Å². The Labute approximate surface area is 172 Å². The third kappa shape index (κ3) is 6.34. The first kappa shape index (κ1) is 23.6. The van der Waals surface area contributed by atoms with Gasteiger partial charge in [-0.15, -0.1) is 0 Å². The van der Waals surface area contributed by atoms with Crippen LogP contribution in [0, 0.1) is 18.8 Å². The van der Waals surface area contributed by atoms with Crippen LogP contribution in [0.15, 0.2) is 72.3 Å². The maximum atomic E-state index is 13.0. The van der Waals surface area contributed by atoms with Crippen LogP contribution in [-0.2, 0) is 11.2 Å². The second-order valence-corrected chi connectivity index (χ2v) is 7.18. The maximum absolute atomic E-state index is 13.0. The van der Waals surface area contributed by atoms with Gasteiger partial charge in [0, 0.05) is 11.5 Å². The summed E-state index contributed by atoms with van der Waals surface area (Å²) in [5.74, 6) is 0.523. The zero-order valence-corrected chi connectivity index (χ0v) is 18.6. The zero-order chi connectivity index (χ0) is 21.1. The molecule has 28 heavy (non-hydrogen) atoms. The fraction of sp³-hybridized carbons (Fsp3) is 0.370. The van der Waals surface area contributed by atoms with Gasteiger partial charge in [-0.2, -0.15) is 0 Å². The molecule has 0 aliphatic heterocycles. The summed E-state index contributed by atoms with van der Waals surface area (Å²) in [6.07, 6.45) is 6.54. The molecule has 0 amide bonds. The lowest BCUT2D eigenvalue weighted by Gasteiger charge is -2.21. The van der Waals surface area contributed by atoms with Crippen molar-refractivity contribution in [1.82, 2.24) is 0 Å². The molecular formula is C27H36O. The average Bonchev–Trinajstić information content (AvgIpc) is 2.72. The highest BCUT2D eigenvalue weighted by Crippen LogP contribution is 2.28. The van der Waals surface area contributed by atoms with Gasteiger partial charge in [-0.1, -0.05) is 94.5 Å². The van der Waals surface area contributed by atoms with Crippen LogP contribution in [0.5, 0.6) is 0 Å². The molecule has 0 N–H and O–H groups in total. The van der Waals surface area contributed by atoms with Gasteiger partial charge in [-0.3, -0.25) is 4.79 Å². The van der Waals surface area contributed by atoms with Crippen LogP contribution in [0.4, 0.5) is 0 Å². The second kappa shape index (κ2) is 12.1. The largest absolute Gasteiger partial charge is 0.294 e. The van der Waals surface area contributed by atoms with Crippen molar-refractivity contribution in [2.75, 3.05) is 0 Å². The number of carbonyl (C=O) groups is 1.